The van der Waals surface area contributed by atoms with Gasteiger partial charge >= 0.3 is 0 Å². The third kappa shape index (κ3) is 4.22. The van der Waals surface area contributed by atoms with Crippen molar-refractivity contribution in [3.05, 3.63) is 91.0 Å². The van der Waals surface area contributed by atoms with E-state index in [-0.39, 0.29) is 11.7 Å². The van der Waals surface area contributed by atoms with Crippen LogP contribution in [0.1, 0.15) is 0 Å². The maximum Gasteiger partial charge on any atom is 0.242 e. The summed E-state index contributed by atoms with van der Waals surface area (Å²) in [6, 6.07) is 29.3. The summed E-state index contributed by atoms with van der Waals surface area (Å²) in [7, 11) is 1.92. The fourth-order valence-corrected chi connectivity index (χ4v) is 3.82. The Labute approximate surface area is 174 Å². The monoisotopic (exact) mass is 400 g/mol. The summed E-state index contributed by atoms with van der Waals surface area (Å²) < 4.78 is 1.92. The van der Waals surface area contributed by atoms with Gasteiger partial charge in [0.25, 0.3) is 0 Å². The lowest BCUT2D eigenvalue weighted by atomic mass is 10.2. The number of hydrogen-bond acceptors (Lipinski definition) is 4. The number of para-hydroxylation sites is 2. The number of nitrogens with zero attached hydrogens (tertiary/aromatic N) is 4. The minimum absolute atomic E-state index is 0.0170. The Morgan fingerprint density at radius 3 is 1.90 bits per heavy atom. The van der Waals surface area contributed by atoms with Gasteiger partial charge in [0, 0.05) is 24.0 Å². The van der Waals surface area contributed by atoms with E-state index in [0.717, 1.165) is 22.8 Å². The first-order valence-electron chi connectivity index (χ1n) is 9.24. The number of benzene rings is 3. The summed E-state index contributed by atoms with van der Waals surface area (Å²) in [6.07, 6.45) is 0. The molecule has 0 saturated heterocycles. The van der Waals surface area contributed by atoms with Crippen molar-refractivity contribution in [2.75, 3.05) is 10.7 Å². The fourth-order valence-electron chi connectivity index (χ4n) is 3.06. The average molecular weight is 401 g/mol. The lowest BCUT2D eigenvalue weighted by Gasteiger charge is -2.22. The molecule has 1 heterocycles. The molecule has 0 N–H and O–H groups in total. The van der Waals surface area contributed by atoms with Crippen LogP contribution in [0.5, 0.6) is 0 Å². The highest BCUT2D eigenvalue weighted by Crippen LogP contribution is 2.28. The molecule has 144 valence electrons. The molecule has 0 radical (unpaired) electrons. The summed E-state index contributed by atoms with van der Waals surface area (Å²) in [4.78, 5) is 14.9. The zero-order chi connectivity index (χ0) is 20.1. The molecule has 3 aromatic carbocycles. The van der Waals surface area contributed by atoms with Crippen LogP contribution < -0.4 is 4.90 Å². The van der Waals surface area contributed by atoms with E-state index in [9.17, 15) is 4.79 Å². The second-order valence-corrected chi connectivity index (χ2v) is 7.36. The van der Waals surface area contributed by atoms with Crippen molar-refractivity contribution in [2.45, 2.75) is 5.16 Å². The molecule has 0 bridgehead atoms. The van der Waals surface area contributed by atoms with E-state index in [2.05, 4.69) is 10.2 Å². The molecule has 0 atom stereocenters. The molecule has 0 spiro atoms. The van der Waals surface area contributed by atoms with Gasteiger partial charge in [0.2, 0.25) is 5.91 Å². The van der Waals surface area contributed by atoms with Gasteiger partial charge in [0.15, 0.2) is 11.0 Å². The van der Waals surface area contributed by atoms with Gasteiger partial charge in [-0.1, -0.05) is 78.5 Å². The average Bonchev–Trinajstić information content (AvgIpc) is 3.15. The van der Waals surface area contributed by atoms with Crippen molar-refractivity contribution in [3.8, 4) is 11.4 Å². The van der Waals surface area contributed by atoms with Gasteiger partial charge in [-0.25, -0.2) is 0 Å². The van der Waals surface area contributed by atoms with E-state index in [1.165, 1.54) is 11.8 Å². The van der Waals surface area contributed by atoms with E-state index < -0.39 is 0 Å². The Balaban J connectivity index is 1.54. The van der Waals surface area contributed by atoms with Gasteiger partial charge in [0.05, 0.1) is 5.75 Å². The zero-order valence-electron chi connectivity index (χ0n) is 16.0. The van der Waals surface area contributed by atoms with Crippen LogP contribution in [-0.4, -0.2) is 26.4 Å². The predicted molar refractivity (Wildman–Crippen MR) is 117 cm³/mol. The molecule has 0 aliphatic heterocycles. The maximum absolute atomic E-state index is 13.2. The summed E-state index contributed by atoms with van der Waals surface area (Å²) in [5.41, 5.74) is 2.68. The summed E-state index contributed by atoms with van der Waals surface area (Å²) in [5, 5.41) is 9.27. The Bertz CT molecular complexity index is 1040. The van der Waals surface area contributed by atoms with Gasteiger partial charge in [-0.3, -0.25) is 9.69 Å². The third-order valence-electron chi connectivity index (χ3n) is 4.47. The van der Waals surface area contributed by atoms with E-state index in [4.69, 9.17) is 0 Å². The molecule has 4 aromatic rings. The number of hydrogen-bond donors (Lipinski definition) is 0. The highest BCUT2D eigenvalue weighted by Gasteiger charge is 2.19. The minimum Gasteiger partial charge on any atom is -0.305 e. The Morgan fingerprint density at radius 2 is 1.34 bits per heavy atom. The second kappa shape index (κ2) is 8.75. The number of carbonyl (C=O) groups is 1. The fraction of sp³-hybridized carbons (Fsp3) is 0.0870. The van der Waals surface area contributed by atoms with Crippen molar-refractivity contribution in [1.29, 1.82) is 0 Å². The van der Waals surface area contributed by atoms with E-state index in [1.54, 1.807) is 4.90 Å². The molecule has 0 saturated carbocycles. The molecule has 1 amide bonds. The minimum atomic E-state index is -0.0170. The summed E-state index contributed by atoms with van der Waals surface area (Å²) in [6.45, 7) is 0. The van der Waals surface area contributed by atoms with Crippen molar-refractivity contribution in [3.63, 3.8) is 0 Å². The molecule has 1 aromatic heterocycles. The second-order valence-electron chi connectivity index (χ2n) is 6.42. The molecule has 0 aliphatic rings. The normalized spacial score (nSPS) is 10.7. The maximum atomic E-state index is 13.2. The van der Waals surface area contributed by atoms with Crippen molar-refractivity contribution in [2.24, 2.45) is 7.05 Å². The Morgan fingerprint density at radius 1 is 0.828 bits per heavy atom. The van der Waals surface area contributed by atoms with Crippen LogP contribution in [0.2, 0.25) is 0 Å². The van der Waals surface area contributed by atoms with Crippen LogP contribution in [0.15, 0.2) is 96.2 Å². The first kappa shape index (κ1) is 19.0. The lowest BCUT2D eigenvalue weighted by molar-refractivity contribution is -0.115. The lowest BCUT2D eigenvalue weighted by Crippen LogP contribution is -2.27. The molecule has 0 aliphatic carbocycles. The molecular formula is C23H20N4OS. The van der Waals surface area contributed by atoms with Crippen LogP contribution in [0.25, 0.3) is 11.4 Å². The third-order valence-corrected chi connectivity index (χ3v) is 5.47. The number of anilines is 2. The van der Waals surface area contributed by atoms with Crippen LogP contribution in [0.3, 0.4) is 0 Å². The van der Waals surface area contributed by atoms with E-state index in [1.807, 2.05) is 103 Å². The van der Waals surface area contributed by atoms with Crippen LogP contribution in [0.4, 0.5) is 11.4 Å². The van der Waals surface area contributed by atoms with E-state index >= 15 is 0 Å². The number of rotatable bonds is 6. The first-order chi connectivity index (χ1) is 14.2. The van der Waals surface area contributed by atoms with Crippen LogP contribution in [0, 0.1) is 0 Å². The highest BCUT2D eigenvalue weighted by molar-refractivity contribution is 7.99. The first-order valence-corrected chi connectivity index (χ1v) is 10.2. The zero-order valence-corrected chi connectivity index (χ0v) is 16.8. The Hall–Kier alpha value is -3.38. The number of aromatic nitrogens is 3. The van der Waals surface area contributed by atoms with E-state index in [0.29, 0.717) is 5.16 Å². The van der Waals surface area contributed by atoms with Crippen molar-refractivity contribution < 1.29 is 4.79 Å². The Kier molecular flexibility index (Phi) is 5.72. The molecule has 0 fully saturated rings. The van der Waals surface area contributed by atoms with Gasteiger partial charge in [0.1, 0.15) is 0 Å². The highest BCUT2D eigenvalue weighted by atomic mass is 32.2. The summed E-state index contributed by atoms with van der Waals surface area (Å²) >= 11 is 1.39. The van der Waals surface area contributed by atoms with Gasteiger partial charge in [-0.05, 0) is 24.3 Å². The number of amides is 1. The van der Waals surface area contributed by atoms with Crippen molar-refractivity contribution in [1.82, 2.24) is 14.8 Å². The van der Waals surface area contributed by atoms with Gasteiger partial charge < -0.3 is 4.57 Å². The number of thioether (sulfide) groups is 1. The SMILES string of the molecule is Cn1c(SCC(=O)N(c2ccccc2)c2ccccc2)nnc1-c1ccccc1. The molecule has 4 rings (SSSR count). The molecular weight excluding hydrogens is 380 g/mol. The topological polar surface area (TPSA) is 51.0 Å². The quantitative estimate of drug-likeness (QED) is 0.430. The number of carbonyl (C=O) groups excluding carboxylic acids is 1. The molecule has 5 nitrogen and oxygen atoms in total. The molecule has 29 heavy (non-hydrogen) atoms. The van der Waals surface area contributed by atoms with Crippen LogP contribution in [-0.2, 0) is 11.8 Å². The predicted octanol–water partition coefficient (Wildman–Crippen LogP) is 4.94. The largest absolute Gasteiger partial charge is 0.305 e. The molecule has 6 heteroatoms. The van der Waals surface area contributed by atoms with Crippen LogP contribution >= 0.6 is 11.8 Å². The summed E-state index contributed by atoms with van der Waals surface area (Å²) in [5.74, 6) is 1.02. The van der Waals surface area contributed by atoms with Gasteiger partial charge in [-0.2, -0.15) is 0 Å². The van der Waals surface area contributed by atoms with Gasteiger partial charge in [-0.15, -0.1) is 10.2 Å². The smallest absolute Gasteiger partial charge is 0.242 e. The molecule has 0 unspecified atom stereocenters. The standard InChI is InChI=1S/C23H20N4OS/c1-26-22(18-11-5-2-6-12-18)24-25-23(26)29-17-21(28)27(19-13-7-3-8-14-19)20-15-9-4-10-16-20/h2-16H,17H2,1H3. The van der Waals surface area contributed by atoms with Crippen molar-refractivity contribution >= 4 is 29.0 Å².